The molecule has 20 heavy (non-hydrogen) atoms. The first-order valence-electron chi connectivity index (χ1n) is 6.30. The van der Waals surface area contributed by atoms with Crippen LogP contribution in [0.4, 0.5) is 10.7 Å². The Bertz CT molecular complexity index is 592. The number of thiophene rings is 1. The summed E-state index contributed by atoms with van der Waals surface area (Å²) in [5.41, 5.74) is 6.31. The van der Waals surface area contributed by atoms with E-state index in [2.05, 4.69) is 20.8 Å². The van der Waals surface area contributed by atoms with E-state index in [0.717, 1.165) is 11.4 Å². The average Bonchev–Trinajstić information content (AvgIpc) is 2.99. The van der Waals surface area contributed by atoms with Crippen molar-refractivity contribution >= 4 is 27.9 Å². The van der Waals surface area contributed by atoms with E-state index < -0.39 is 0 Å². The Labute approximate surface area is 120 Å². The maximum absolute atomic E-state index is 11.9. The number of hydrogen-bond acceptors (Lipinski definition) is 7. The molecule has 0 aliphatic rings. The summed E-state index contributed by atoms with van der Waals surface area (Å²) in [6, 6.07) is 1.73. The van der Waals surface area contributed by atoms with Crippen molar-refractivity contribution in [1.29, 1.82) is 0 Å². The van der Waals surface area contributed by atoms with Crippen molar-refractivity contribution in [3.63, 3.8) is 0 Å². The van der Waals surface area contributed by atoms with E-state index in [-0.39, 0.29) is 5.91 Å². The van der Waals surface area contributed by atoms with E-state index in [1.54, 1.807) is 13.0 Å². The minimum absolute atomic E-state index is 0.143. The minimum Gasteiger partial charge on any atom is -0.397 e. The maximum Gasteiger partial charge on any atom is 0.263 e. The summed E-state index contributed by atoms with van der Waals surface area (Å²) < 4.78 is 4.99. The van der Waals surface area contributed by atoms with Crippen molar-refractivity contribution < 1.29 is 9.32 Å². The summed E-state index contributed by atoms with van der Waals surface area (Å²) in [7, 11) is 0. The van der Waals surface area contributed by atoms with Crippen LogP contribution < -0.4 is 16.4 Å². The zero-order valence-corrected chi connectivity index (χ0v) is 12.2. The third kappa shape index (κ3) is 3.47. The van der Waals surface area contributed by atoms with Crippen LogP contribution in [0.1, 0.15) is 34.7 Å². The van der Waals surface area contributed by atoms with Gasteiger partial charge >= 0.3 is 0 Å². The summed E-state index contributed by atoms with van der Waals surface area (Å²) in [4.78, 5) is 16.5. The highest BCUT2D eigenvalue weighted by Crippen LogP contribution is 2.29. The highest BCUT2D eigenvalue weighted by Gasteiger charge is 2.14. The number of nitrogens with one attached hydrogen (secondary N) is 2. The van der Waals surface area contributed by atoms with Crippen molar-refractivity contribution in [2.45, 2.75) is 26.8 Å². The second-order valence-electron chi connectivity index (χ2n) is 4.24. The lowest BCUT2D eigenvalue weighted by Gasteiger charge is -2.01. The van der Waals surface area contributed by atoms with E-state index in [1.165, 1.54) is 11.3 Å². The van der Waals surface area contributed by atoms with Gasteiger partial charge < -0.3 is 20.9 Å². The smallest absolute Gasteiger partial charge is 0.263 e. The Hall–Kier alpha value is -2.09. The molecule has 0 aromatic carbocycles. The van der Waals surface area contributed by atoms with Crippen LogP contribution in [0.3, 0.4) is 0 Å². The van der Waals surface area contributed by atoms with Gasteiger partial charge in [-0.2, -0.15) is 4.98 Å². The van der Waals surface area contributed by atoms with Gasteiger partial charge in [0, 0.05) is 6.54 Å². The molecule has 1 amide bonds. The number of rotatable bonds is 6. The van der Waals surface area contributed by atoms with Crippen molar-refractivity contribution in [3.8, 4) is 0 Å². The van der Waals surface area contributed by atoms with E-state index in [9.17, 15) is 4.79 Å². The van der Waals surface area contributed by atoms with Gasteiger partial charge in [0.2, 0.25) is 5.89 Å². The van der Waals surface area contributed by atoms with Crippen LogP contribution in [-0.2, 0) is 6.54 Å². The van der Waals surface area contributed by atoms with Crippen molar-refractivity contribution in [3.05, 3.63) is 22.7 Å². The van der Waals surface area contributed by atoms with E-state index in [1.807, 2.05) is 6.92 Å². The predicted octanol–water partition coefficient (Wildman–Crippen LogP) is 1.77. The molecule has 0 radical (unpaired) electrons. The number of amides is 1. The van der Waals surface area contributed by atoms with Crippen LogP contribution in [0, 0.1) is 6.92 Å². The summed E-state index contributed by atoms with van der Waals surface area (Å²) in [5.74, 6) is 0.939. The number of nitrogens with zero attached hydrogens (tertiary/aromatic N) is 2. The lowest BCUT2D eigenvalue weighted by atomic mass is 10.3. The highest BCUT2D eigenvalue weighted by atomic mass is 32.1. The molecule has 2 heterocycles. The highest BCUT2D eigenvalue weighted by molar-refractivity contribution is 7.18. The normalized spacial score (nSPS) is 10.5. The van der Waals surface area contributed by atoms with Crippen LogP contribution in [-0.4, -0.2) is 22.6 Å². The minimum atomic E-state index is -0.143. The molecular formula is C12H17N5O2S. The van der Waals surface area contributed by atoms with Gasteiger partial charge in [-0.3, -0.25) is 4.79 Å². The molecule has 0 bridgehead atoms. The zero-order chi connectivity index (χ0) is 14.5. The molecule has 0 spiro atoms. The van der Waals surface area contributed by atoms with Crippen LogP contribution >= 0.6 is 11.3 Å². The third-order valence-corrected chi connectivity index (χ3v) is 3.59. The number of hydrogen-bond donors (Lipinski definition) is 3. The Morgan fingerprint density at radius 2 is 2.35 bits per heavy atom. The molecule has 8 heteroatoms. The molecular weight excluding hydrogens is 278 g/mol. The molecule has 0 aliphatic carbocycles. The molecule has 0 saturated heterocycles. The first-order valence-corrected chi connectivity index (χ1v) is 7.12. The molecule has 2 aromatic rings. The molecule has 7 nitrogen and oxygen atoms in total. The second kappa shape index (κ2) is 6.38. The summed E-state index contributed by atoms with van der Waals surface area (Å²) >= 11 is 1.31. The lowest BCUT2D eigenvalue weighted by molar-refractivity contribution is 0.0958. The van der Waals surface area contributed by atoms with Crippen LogP contribution in [0.2, 0.25) is 0 Å². The average molecular weight is 295 g/mol. The van der Waals surface area contributed by atoms with Crippen LogP contribution in [0.15, 0.2) is 10.6 Å². The molecule has 2 rings (SSSR count). The first kappa shape index (κ1) is 14.3. The number of nitrogen functional groups attached to an aromatic ring is 1. The Morgan fingerprint density at radius 3 is 3.00 bits per heavy atom. The molecule has 0 fully saturated rings. The fourth-order valence-corrected chi connectivity index (χ4v) is 2.45. The molecule has 108 valence electrons. The topological polar surface area (TPSA) is 106 Å². The summed E-state index contributed by atoms with van der Waals surface area (Å²) in [5, 5.41) is 10.4. The van der Waals surface area contributed by atoms with Gasteiger partial charge in [0.25, 0.3) is 5.91 Å². The largest absolute Gasteiger partial charge is 0.397 e. The quantitative estimate of drug-likeness (QED) is 0.750. The molecule has 2 aromatic heterocycles. The first-order chi connectivity index (χ1) is 9.60. The summed E-state index contributed by atoms with van der Waals surface area (Å²) in [6.45, 7) is 4.79. The lowest BCUT2D eigenvalue weighted by Crippen LogP contribution is -2.23. The predicted molar refractivity (Wildman–Crippen MR) is 77.7 cm³/mol. The van der Waals surface area contributed by atoms with Crippen molar-refractivity contribution in [2.24, 2.45) is 0 Å². The number of carbonyl (C=O) groups is 1. The van der Waals surface area contributed by atoms with Crippen molar-refractivity contribution in [2.75, 3.05) is 17.6 Å². The van der Waals surface area contributed by atoms with Crippen molar-refractivity contribution in [1.82, 2.24) is 15.5 Å². The van der Waals surface area contributed by atoms with Gasteiger partial charge in [0.1, 0.15) is 4.88 Å². The number of aromatic nitrogens is 2. The van der Waals surface area contributed by atoms with E-state index in [0.29, 0.717) is 35.4 Å². The van der Waals surface area contributed by atoms with Gasteiger partial charge in [0.05, 0.1) is 17.2 Å². The summed E-state index contributed by atoms with van der Waals surface area (Å²) in [6.07, 6.45) is 0.888. The number of anilines is 2. The Balaban J connectivity index is 1.98. The van der Waals surface area contributed by atoms with E-state index >= 15 is 0 Å². The second-order valence-corrected chi connectivity index (χ2v) is 5.29. The maximum atomic E-state index is 11.9. The Kier molecular flexibility index (Phi) is 4.57. The van der Waals surface area contributed by atoms with Crippen LogP contribution in [0.5, 0.6) is 0 Å². The van der Waals surface area contributed by atoms with Crippen LogP contribution in [0.25, 0.3) is 0 Å². The standard InChI is InChI=1S/C12H17N5O2S/c1-3-4-14-12(18)11-8(13)5-10(20-11)15-6-9-16-7(2)17-19-9/h5,15H,3-4,6,13H2,1-2H3,(H,14,18). The fourth-order valence-electron chi connectivity index (χ4n) is 1.56. The molecule has 4 N–H and O–H groups in total. The number of carbonyl (C=O) groups excluding carboxylic acids is 1. The van der Waals surface area contributed by atoms with Gasteiger partial charge in [-0.15, -0.1) is 11.3 Å². The van der Waals surface area contributed by atoms with Gasteiger partial charge in [-0.05, 0) is 19.4 Å². The SMILES string of the molecule is CCCNC(=O)c1sc(NCc2nc(C)no2)cc1N. The molecule has 0 aliphatic heterocycles. The third-order valence-electron chi connectivity index (χ3n) is 2.49. The molecule has 0 unspecified atom stereocenters. The fraction of sp³-hybridized carbons (Fsp3) is 0.417. The van der Waals surface area contributed by atoms with Gasteiger partial charge in [0.15, 0.2) is 5.82 Å². The number of nitrogens with two attached hydrogens (primary N) is 1. The monoisotopic (exact) mass is 295 g/mol. The van der Waals surface area contributed by atoms with Gasteiger partial charge in [-0.25, -0.2) is 0 Å². The zero-order valence-electron chi connectivity index (χ0n) is 11.4. The number of aryl methyl sites for hydroxylation is 1. The molecule has 0 saturated carbocycles. The van der Waals surface area contributed by atoms with Gasteiger partial charge in [-0.1, -0.05) is 12.1 Å². The van der Waals surface area contributed by atoms with E-state index in [4.69, 9.17) is 10.3 Å². The Morgan fingerprint density at radius 1 is 1.55 bits per heavy atom. The molecule has 0 atom stereocenters.